The molecule has 0 aliphatic heterocycles. The zero-order valence-corrected chi connectivity index (χ0v) is 19.6. The van der Waals surface area contributed by atoms with Crippen LogP contribution in [0.15, 0.2) is 57.8 Å². The zero-order chi connectivity index (χ0) is 22.1. The molecule has 0 aliphatic rings. The summed E-state index contributed by atoms with van der Waals surface area (Å²) in [6.07, 6.45) is 0. The van der Waals surface area contributed by atoms with Gasteiger partial charge >= 0.3 is 0 Å². The van der Waals surface area contributed by atoms with Crippen molar-refractivity contribution in [2.75, 3.05) is 11.1 Å². The first-order valence-electron chi connectivity index (χ1n) is 9.60. The fraction of sp³-hybridized carbons (Fsp3) is 0.174. The summed E-state index contributed by atoms with van der Waals surface area (Å²) in [4.78, 5) is 30.5. The Labute approximate surface area is 193 Å². The number of thiophene rings is 1. The van der Waals surface area contributed by atoms with E-state index in [4.69, 9.17) is 11.6 Å². The molecule has 0 aliphatic carbocycles. The number of hydrogen-bond acceptors (Lipinski definition) is 5. The molecule has 1 amide bonds. The lowest BCUT2D eigenvalue weighted by molar-refractivity contribution is -0.113. The third-order valence-corrected chi connectivity index (χ3v) is 7.07. The average Bonchev–Trinajstić information content (AvgIpc) is 3.19. The third-order valence-electron chi connectivity index (χ3n) is 4.83. The van der Waals surface area contributed by atoms with Crippen LogP contribution in [0.2, 0.25) is 5.02 Å². The summed E-state index contributed by atoms with van der Waals surface area (Å²) in [6, 6.07) is 13.1. The quantitative estimate of drug-likeness (QED) is 0.298. The second-order valence-electron chi connectivity index (χ2n) is 7.26. The van der Waals surface area contributed by atoms with E-state index in [1.807, 2.05) is 62.5 Å². The number of hydrogen-bond donors (Lipinski definition) is 1. The topological polar surface area (TPSA) is 64.0 Å². The number of anilines is 1. The van der Waals surface area contributed by atoms with Gasteiger partial charge in [0.1, 0.15) is 4.70 Å². The predicted octanol–water partition coefficient (Wildman–Crippen LogP) is 5.76. The molecular formula is C23H20ClN3O2S2. The Morgan fingerprint density at radius 1 is 1.13 bits per heavy atom. The lowest BCUT2D eigenvalue weighted by Crippen LogP contribution is -2.23. The minimum absolute atomic E-state index is 0.110. The first-order valence-corrected chi connectivity index (χ1v) is 11.8. The maximum absolute atomic E-state index is 13.3. The second-order valence-corrected chi connectivity index (χ2v) is 9.53. The summed E-state index contributed by atoms with van der Waals surface area (Å²) in [7, 11) is 0. The molecule has 0 unspecified atom stereocenters. The summed E-state index contributed by atoms with van der Waals surface area (Å²) in [5, 5.41) is 5.78. The van der Waals surface area contributed by atoms with Crippen molar-refractivity contribution in [1.29, 1.82) is 0 Å². The Balaban J connectivity index is 1.65. The Morgan fingerprint density at radius 2 is 1.94 bits per heavy atom. The summed E-state index contributed by atoms with van der Waals surface area (Å²) < 4.78 is 2.21. The maximum atomic E-state index is 13.3. The molecule has 0 fully saturated rings. The van der Waals surface area contributed by atoms with Crippen LogP contribution < -0.4 is 10.9 Å². The highest BCUT2D eigenvalue weighted by Crippen LogP contribution is 2.26. The van der Waals surface area contributed by atoms with E-state index in [2.05, 4.69) is 10.3 Å². The van der Waals surface area contributed by atoms with Crippen LogP contribution in [0, 0.1) is 20.8 Å². The molecule has 158 valence electrons. The number of aryl methyl sites for hydroxylation is 3. The summed E-state index contributed by atoms with van der Waals surface area (Å²) in [5.74, 6) is -0.0878. The Morgan fingerprint density at radius 3 is 2.68 bits per heavy atom. The number of nitrogens with one attached hydrogen (secondary N) is 1. The van der Waals surface area contributed by atoms with Crippen LogP contribution in [0.1, 0.15) is 16.7 Å². The van der Waals surface area contributed by atoms with E-state index in [0.29, 0.717) is 26.1 Å². The number of amides is 1. The largest absolute Gasteiger partial charge is 0.325 e. The van der Waals surface area contributed by atoms with Gasteiger partial charge in [-0.25, -0.2) is 4.98 Å². The summed E-state index contributed by atoms with van der Waals surface area (Å²) >= 11 is 8.75. The molecular weight excluding hydrogens is 450 g/mol. The van der Waals surface area contributed by atoms with E-state index in [1.54, 1.807) is 10.6 Å². The molecule has 0 radical (unpaired) electrons. The summed E-state index contributed by atoms with van der Waals surface area (Å²) in [6.45, 7) is 5.88. The van der Waals surface area contributed by atoms with Gasteiger partial charge in [-0.1, -0.05) is 47.1 Å². The highest BCUT2D eigenvalue weighted by Gasteiger charge is 2.17. The van der Waals surface area contributed by atoms with Crippen LogP contribution in [0.4, 0.5) is 5.69 Å². The van der Waals surface area contributed by atoms with Crippen molar-refractivity contribution >= 4 is 56.5 Å². The van der Waals surface area contributed by atoms with Gasteiger partial charge in [-0.05, 0) is 61.5 Å². The van der Waals surface area contributed by atoms with Gasteiger partial charge in [-0.15, -0.1) is 11.3 Å². The normalized spacial score (nSPS) is 11.1. The molecule has 0 bridgehead atoms. The van der Waals surface area contributed by atoms with Gasteiger partial charge in [-0.2, -0.15) is 0 Å². The van der Waals surface area contributed by atoms with E-state index in [-0.39, 0.29) is 17.2 Å². The fourth-order valence-electron chi connectivity index (χ4n) is 3.26. The standard InChI is InChI=1S/C23H20ClN3O2S2/c1-13-4-7-19(15(3)10-13)27-22(29)21-18(8-9-30-21)26-23(27)31-12-20(28)25-16-6-5-14(2)17(24)11-16/h4-11H,12H2,1-3H3,(H,25,28). The fourth-order valence-corrected chi connectivity index (χ4v) is 5.00. The minimum Gasteiger partial charge on any atom is -0.325 e. The molecule has 2 aromatic carbocycles. The van der Waals surface area contributed by atoms with Crippen molar-refractivity contribution in [2.45, 2.75) is 25.9 Å². The average molecular weight is 470 g/mol. The Bertz CT molecular complexity index is 1360. The lowest BCUT2D eigenvalue weighted by atomic mass is 10.1. The first kappa shape index (κ1) is 21.6. The van der Waals surface area contributed by atoms with Gasteiger partial charge in [0.25, 0.3) is 5.56 Å². The van der Waals surface area contributed by atoms with E-state index in [0.717, 1.165) is 22.4 Å². The smallest absolute Gasteiger partial charge is 0.276 e. The first-order chi connectivity index (χ1) is 14.8. The number of nitrogens with zero attached hydrogens (tertiary/aromatic N) is 2. The number of halogens is 1. The molecule has 2 aromatic heterocycles. The molecule has 4 rings (SSSR count). The van der Waals surface area contributed by atoms with Gasteiger partial charge in [-0.3, -0.25) is 14.2 Å². The van der Waals surface area contributed by atoms with Crippen molar-refractivity contribution < 1.29 is 4.79 Å². The number of carbonyl (C=O) groups is 1. The van der Waals surface area contributed by atoms with Gasteiger partial charge < -0.3 is 5.32 Å². The number of benzene rings is 2. The van der Waals surface area contributed by atoms with E-state index in [9.17, 15) is 9.59 Å². The molecule has 1 N–H and O–H groups in total. The van der Waals surface area contributed by atoms with Crippen LogP contribution in [-0.2, 0) is 4.79 Å². The van der Waals surface area contributed by atoms with Crippen LogP contribution in [0.3, 0.4) is 0 Å². The molecule has 8 heteroatoms. The maximum Gasteiger partial charge on any atom is 0.276 e. The molecule has 0 atom stereocenters. The van der Waals surface area contributed by atoms with Gasteiger partial charge in [0.15, 0.2) is 5.16 Å². The van der Waals surface area contributed by atoms with Crippen molar-refractivity contribution in [3.63, 3.8) is 0 Å². The van der Waals surface area contributed by atoms with Gasteiger partial charge in [0.2, 0.25) is 5.91 Å². The molecule has 31 heavy (non-hydrogen) atoms. The highest BCUT2D eigenvalue weighted by atomic mass is 35.5. The Hall–Kier alpha value is -2.61. The second kappa shape index (κ2) is 8.86. The van der Waals surface area contributed by atoms with Crippen molar-refractivity contribution in [2.24, 2.45) is 0 Å². The van der Waals surface area contributed by atoms with E-state index in [1.165, 1.54) is 23.1 Å². The zero-order valence-electron chi connectivity index (χ0n) is 17.2. The monoisotopic (exact) mass is 469 g/mol. The number of carbonyl (C=O) groups excluding carboxylic acids is 1. The highest BCUT2D eigenvalue weighted by molar-refractivity contribution is 7.99. The molecule has 0 saturated carbocycles. The van der Waals surface area contributed by atoms with Crippen LogP contribution in [0.5, 0.6) is 0 Å². The number of aromatic nitrogens is 2. The number of thioether (sulfide) groups is 1. The molecule has 0 saturated heterocycles. The predicted molar refractivity (Wildman–Crippen MR) is 130 cm³/mol. The molecule has 5 nitrogen and oxygen atoms in total. The molecule has 4 aromatic rings. The Kier molecular flexibility index (Phi) is 6.18. The van der Waals surface area contributed by atoms with E-state index < -0.39 is 0 Å². The number of fused-ring (bicyclic) bond motifs is 1. The molecule has 2 heterocycles. The van der Waals surface area contributed by atoms with Crippen molar-refractivity contribution in [1.82, 2.24) is 9.55 Å². The SMILES string of the molecule is Cc1ccc(-n2c(SCC(=O)Nc3ccc(C)c(Cl)c3)nc3ccsc3c2=O)c(C)c1. The van der Waals surface area contributed by atoms with Gasteiger partial charge in [0.05, 0.1) is 17.0 Å². The minimum atomic E-state index is -0.197. The number of rotatable bonds is 5. The van der Waals surface area contributed by atoms with Crippen molar-refractivity contribution in [3.8, 4) is 5.69 Å². The van der Waals surface area contributed by atoms with Crippen LogP contribution in [0.25, 0.3) is 15.9 Å². The summed E-state index contributed by atoms with van der Waals surface area (Å²) in [5.41, 5.74) is 4.95. The lowest BCUT2D eigenvalue weighted by Gasteiger charge is -2.14. The van der Waals surface area contributed by atoms with Crippen molar-refractivity contribution in [3.05, 3.63) is 79.9 Å². The third kappa shape index (κ3) is 4.54. The van der Waals surface area contributed by atoms with Gasteiger partial charge in [0, 0.05) is 10.7 Å². The van der Waals surface area contributed by atoms with Crippen LogP contribution in [-0.4, -0.2) is 21.2 Å². The molecule has 0 spiro atoms. The van der Waals surface area contributed by atoms with E-state index >= 15 is 0 Å². The van der Waals surface area contributed by atoms with Crippen LogP contribution >= 0.6 is 34.7 Å².